The molecule has 1 aromatic carbocycles. The summed E-state index contributed by atoms with van der Waals surface area (Å²) in [5.41, 5.74) is 1.54. The van der Waals surface area contributed by atoms with Gasteiger partial charge in [-0.1, -0.05) is 29.8 Å². The molecule has 1 aromatic rings. The van der Waals surface area contributed by atoms with Gasteiger partial charge in [0, 0.05) is 0 Å². The van der Waals surface area contributed by atoms with Crippen molar-refractivity contribution in [3.63, 3.8) is 0 Å². The Kier molecular flexibility index (Phi) is 4.77. The molecule has 4 nitrogen and oxygen atoms in total. The predicted molar refractivity (Wildman–Crippen MR) is 66.2 cm³/mol. The van der Waals surface area contributed by atoms with Gasteiger partial charge < -0.3 is 4.74 Å². The van der Waals surface area contributed by atoms with E-state index in [9.17, 15) is 14.4 Å². The summed E-state index contributed by atoms with van der Waals surface area (Å²) in [5, 5.41) is 0. The van der Waals surface area contributed by atoms with Crippen LogP contribution in [0.3, 0.4) is 0 Å². The molecule has 1 atom stereocenters. The first-order chi connectivity index (χ1) is 8.47. The third-order valence-corrected chi connectivity index (χ3v) is 2.56. The zero-order valence-corrected chi connectivity index (χ0v) is 10.7. The van der Waals surface area contributed by atoms with Crippen molar-refractivity contribution in [1.82, 2.24) is 0 Å². The zero-order chi connectivity index (χ0) is 13.7. The van der Waals surface area contributed by atoms with Crippen LogP contribution >= 0.6 is 0 Å². The van der Waals surface area contributed by atoms with E-state index < -0.39 is 17.7 Å². The van der Waals surface area contributed by atoms with Gasteiger partial charge in [0.2, 0.25) is 0 Å². The van der Waals surface area contributed by atoms with E-state index in [4.69, 9.17) is 0 Å². The molecule has 0 radical (unpaired) electrons. The summed E-state index contributed by atoms with van der Waals surface area (Å²) in [6, 6.07) is 6.95. The summed E-state index contributed by atoms with van der Waals surface area (Å²) < 4.78 is 4.64. The van der Waals surface area contributed by atoms with Crippen LogP contribution in [0, 0.1) is 6.92 Å². The van der Waals surface area contributed by atoms with Gasteiger partial charge in [0.1, 0.15) is 11.7 Å². The predicted octanol–water partition coefficient (Wildman–Crippen LogP) is 1.80. The molecule has 18 heavy (non-hydrogen) atoms. The Balaban J connectivity index is 3.03. The van der Waals surface area contributed by atoms with Gasteiger partial charge in [0.15, 0.2) is 0 Å². The second-order valence-electron chi connectivity index (χ2n) is 4.04. The van der Waals surface area contributed by atoms with Crippen molar-refractivity contribution in [2.75, 3.05) is 6.61 Å². The normalized spacial score (nSPS) is 11.7. The lowest BCUT2D eigenvalue weighted by Gasteiger charge is -2.12. The molecule has 0 aliphatic carbocycles. The van der Waals surface area contributed by atoms with Crippen molar-refractivity contribution in [3.05, 3.63) is 35.4 Å². The van der Waals surface area contributed by atoms with Crippen LogP contribution in [0.1, 0.15) is 30.9 Å². The molecule has 0 saturated heterocycles. The highest BCUT2D eigenvalue weighted by Crippen LogP contribution is 2.19. The summed E-state index contributed by atoms with van der Waals surface area (Å²) in [4.78, 5) is 34.8. The maximum absolute atomic E-state index is 11.9. The zero-order valence-electron chi connectivity index (χ0n) is 10.7. The first-order valence-electron chi connectivity index (χ1n) is 5.75. The maximum atomic E-state index is 11.9. The Labute approximate surface area is 106 Å². The highest BCUT2D eigenvalue weighted by Gasteiger charge is 2.31. The van der Waals surface area contributed by atoms with Crippen LogP contribution in [0.4, 0.5) is 0 Å². The number of ketones is 2. The van der Waals surface area contributed by atoms with E-state index in [1.165, 1.54) is 6.92 Å². The first-order valence-corrected chi connectivity index (χ1v) is 5.75. The number of Topliss-reactive ketones (excluding diaryl/α,β-unsaturated/α-hetero) is 2. The van der Waals surface area contributed by atoms with Crippen molar-refractivity contribution in [2.45, 2.75) is 26.7 Å². The molecule has 0 N–H and O–H groups in total. The molecule has 0 fully saturated rings. The number of ether oxygens (including phenoxy) is 1. The van der Waals surface area contributed by atoms with Gasteiger partial charge in [0.05, 0.1) is 6.61 Å². The van der Waals surface area contributed by atoms with E-state index in [1.54, 1.807) is 31.2 Å². The van der Waals surface area contributed by atoms with E-state index in [0.29, 0.717) is 5.56 Å². The first kappa shape index (κ1) is 14.1. The van der Waals surface area contributed by atoms with Gasteiger partial charge in [0.25, 0.3) is 5.78 Å². The smallest absolute Gasteiger partial charge is 0.375 e. The lowest BCUT2D eigenvalue weighted by Crippen LogP contribution is -2.28. The fourth-order valence-electron chi connectivity index (χ4n) is 1.65. The minimum atomic E-state index is -1.07. The third-order valence-electron chi connectivity index (χ3n) is 2.56. The average Bonchev–Trinajstić information content (AvgIpc) is 2.31. The molecule has 96 valence electrons. The molecule has 1 unspecified atom stereocenters. The van der Waals surface area contributed by atoms with Gasteiger partial charge in [-0.15, -0.1) is 0 Å². The largest absolute Gasteiger partial charge is 0.460 e. The van der Waals surface area contributed by atoms with Gasteiger partial charge >= 0.3 is 5.97 Å². The van der Waals surface area contributed by atoms with Crippen LogP contribution in [0.2, 0.25) is 0 Å². The second kappa shape index (κ2) is 6.10. The minimum Gasteiger partial charge on any atom is -0.460 e. The molecule has 1 rings (SSSR count). The van der Waals surface area contributed by atoms with Crippen LogP contribution in [-0.2, 0) is 19.1 Å². The Bertz CT molecular complexity index is 459. The number of benzene rings is 1. The van der Waals surface area contributed by atoms with Gasteiger partial charge in [-0.25, -0.2) is 4.79 Å². The number of rotatable bonds is 5. The number of hydrogen-bond acceptors (Lipinski definition) is 4. The summed E-state index contributed by atoms with van der Waals surface area (Å²) in [5.74, 6) is -3.20. The van der Waals surface area contributed by atoms with Crippen molar-refractivity contribution in [1.29, 1.82) is 0 Å². The molecule has 0 amide bonds. The fourth-order valence-corrected chi connectivity index (χ4v) is 1.65. The SMILES string of the molecule is CCOC(=O)C(=O)C(C(C)=O)c1ccc(C)cc1. The van der Waals surface area contributed by atoms with Gasteiger partial charge in [-0.05, 0) is 26.3 Å². The van der Waals surface area contributed by atoms with Crippen LogP contribution in [0.5, 0.6) is 0 Å². The van der Waals surface area contributed by atoms with Gasteiger partial charge in [-0.2, -0.15) is 0 Å². The monoisotopic (exact) mass is 248 g/mol. The molecule has 0 bridgehead atoms. The summed E-state index contributed by atoms with van der Waals surface area (Å²) in [7, 11) is 0. The number of carbonyl (C=O) groups is 3. The van der Waals surface area contributed by atoms with Crippen molar-refractivity contribution >= 4 is 17.5 Å². The number of carbonyl (C=O) groups excluding carboxylic acids is 3. The standard InChI is InChI=1S/C14H16O4/c1-4-18-14(17)13(16)12(10(3)15)11-7-5-9(2)6-8-11/h5-8,12H,4H2,1-3H3. The fraction of sp³-hybridized carbons (Fsp3) is 0.357. The Hall–Kier alpha value is -1.97. The van der Waals surface area contributed by atoms with Crippen LogP contribution in [-0.4, -0.2) is 24.1 Å². The molecular weight excluding hydrogens is 232 g/mol. The second-order valence-corrected chi connectivity index (χ2v) is 4.04. The van der Waals surface area contributed by atoms with Crippen molar-refractivity contribution in [3.8, 4) is 0 Å². The van der Waals surface area contributed by atoms with E-state index in [0.717, 1.165) is 5.56 Å². The molecule has 0 spiro atoms. The highest BCUT2D eigenvalue weighted by molar-refractivity contribution is 6.40. The molecular formula is C14H16O4. The molecule has 0 aliphatic rings. The van der Waals surface area contributed by atoms with E-state index in [1.807, 2.05) is 6.92 Å². The Morgan fingerprint density at radius 2 is 1.72 bits per heavy atom. The topological polar surface area (TPSA) is 60.4 Å². The van der Waals surface area contributed by atoms with E-state index in [-0.39, 0.29) is 12.4 Å². The highest BCUT2D eigenvalue weighted by atomic mass is 16.5. The molecule has 0 aromatic heterocycles. The molecule has 4 heteroatoms. The number of aryl methyl sites for hydroxylation is 1. The van der Waals surface area contributed by atoms with Crippen molar-refractivity contribution in [2.24, 2.45) is 0 Å². The minimum absolute atomic E-state index is 0.114. The van der Waals surface area contributed by atoms with Gasteiger partial charge in [-0.3, -0.25) is 9.59 Å². The van der Waals surface area contributed by atoms with Crippen LogP contribution in [0.25, 0.3) is 0 Å². The van der Waals surface area contributed by atoms with E-state index >= 15 is 0 Å². The quantitative estimate of drug-likeness (QED) is 0.453. The Morgan fingerprint density at radius 3 is 2.17 bits per heavy atom. The van der Waals surface area contributed by atoms with E-state index in [2.05, 4.69) is 4.74 Å². The average molecular weight is 248 g/mol. The molecule has 0 saturated carbocycles. The summed E-state index contributed by atoms with van der Waals surface area (Å²) in [6.07, 6.45) is 0. The van der Waals surface area contributed by atoms with Crippen LogP contribution in [0.15, 0.2) is 24.3 Å². The summed E-state index contributed by atoms with van der Waals surface area (Å²) in [6.45, 7) is 4.92. The number of esters is 1. The third kappa shape index (κ3) is 3.26. The maximum Gasteiger partial charge on any atom is 0.375 e. The Morgan fingerprint density at radius 1 is 1.17 bits per heavy atom. The molecule has 0 heterocycles. The molecule has 0 aliphatic heterocycles. The number of hydrogen-bond donors (Lipinski definition) is 0. The van der Waals surface area contributed by atoms with Crippen molar-refractivity contribution < 1.29 is 19.1 Å². The lowest BCUT2D eigenvalue weighted by molar-refractivity contribution is -0.155. The lowest BCUT2D eigenvalue weighted by atomic mass is 9.90. The van der Waals surface area contributed by atoms with Crippen LogP contribution < -0.4 is 0 Å². The summed E-state index contributed by atoms with van der Waals surface area (Å²) >= 11 is 0.